The Morgan fingerprint density at radius 1 is 0.912 bits per heavy atom. The van der Waals surface area contributed by atoms with Gasteiger partial charge in [0.25, 0.3) is 0 Å². The monoisotopic (exact) mass is 468 g/mol. The van der Waals surface area contributed by atoms with Crippen molar-refractivity contribution in [2.75, 3.05) is 6.61 Å². The largest absolute Gasteiger partial charge is 0.478 e. The van der Waals surface area contributed by atoms with E-state index in [1.54, 1.807) is 30.3 Å². The van der Waals surface area contributed by atoms with E-state index in [1.165, 1.54) is 0 Å². The van der Waals surface area contributed by atoms with E-state index >= 15 is 0 Å². The Morgan fingerprint density at radius 2 is 1.65 bits per heavy atom. The number of fused-ring (bicyclic) bond motifs is 2. The van der Waals surface area contributed by atoms with Gasteiger partial charge >= 0.3 is 0 Å². The molecule has 1 heterocycles. The van der Waals surface area contributed by atoms with Crippen LogP contribution in [0.5, 0.6) is 5.75 Å². The number of Topliss-reactive ketones (excluding diaryl/α,β-unsaturated/α-hetero) is 1. The van der Waals surface area contributed by atoms with Gasteiger partial charge in [-0.15, -0.1) is 0 Å². The van der Waals surface area contributed by atoms with E-state index in [-0.39, 0.29) is 29.3 Å². The standard InChI is InChI=1S/C29H21ClO4/c1-17-13-18(2)26-25(14-17)34-28(22-9-5-6-10-23(22)30)29(27(26)32)33-16-24(31)21-12-11-19-7-3-4-8-20(19)15-21/h3-15H,16H2,1-2H3. The predicted molar refractivity (Wildman–Crippen MR) is 136 cm³/mol. The van der Waals surface area contributed by atoms with Crippen molar-refractivity contribution in [2.45, 2.75) is 13.8 Å². The molecule has 0 spiro atoms. The molecule has 0 aliphatic carbocycles. The predicted octanol–water partition coefficient (Wildman–Crippen LogP) is 7.15. The van der Waals surface area contributed by atoms with Gasteiger partial charge in [-0.25, -0.2) is 0 Å². The second-order valence-electron chi connectivity index (χ2n) is 8.30. The molecule has 0 aliphatic heterocycles. The zero-order chi connectivity index (χ0) is 23.8. The first kappa shape index (κ1) is 21.9. The Labute approximate surface area is 201 Å². The summed E-state index contributed by atoms with van der Waals surface area (Å²) < 4.78 is 12.1. The highest BCUT2D eigenvalue weighted by atomic mass is 35.5. The van der Waals surface area contributed by atoms with Gasteiger partial charge in [0.1, 0.15) is 5.58 Å². The maximum Gasteiger partial charge on any atom is 0.235 e. The Bertz CT molecular complexity index is 1630. The minimum atomic E-state index is -0.333. The van der Waals surface area contributed by atoms with Crippen LogP contribution >= 0.6 is 11.6 Å². The third-order valence-corrected chi connectivity index (χ3v) is 6.16. The van der Waals surface area contributed by atoms with Crippen LogP contribution in [0.3, 0.4) is 0 Å². The van der Waals surface area contributed by atoms with Gasteiger partial charge in [0.15, 0.2) is 18.2 Å². The van der Waals surface area contributed by atoms with Crippen LogP contribution in [0, 0.1) is 13.8 Å². The molecule has 0 unspecified atom stereocenters. The molecule has 5 heteroatoms. The lowest BCUT2D eigenvalue weighted by molar-refractivity contribution is 0.0920. The van der Waals surface area contributed by atoms with E-state index in [0.29, 0.717) is 27.1 Å². The maximum absolute atomic E-state index is 13.6. The van der Waals surface area contributed by atoms with Gasteiger partial charge in [0.2, 0.25) is 11.2 Å². The lowest BCUT2D eigenvalue weighted by atomic mass is 10.0. The molecule has 0 N–H and O–H groups in total. The summed E-state index contributed by atoms with van der Waals surface area (Å²) in [6, 6.07) is 24.1. The maximum atomic E-state index is 13.6. The van der Waals surface area contributed by atoms with Gasteiger partial charge < -0.3 is 9.15 Å². The summed E-state index contributed by atoms with van der Waals surface area (Å²) >= 11 is 6.43. The van der Waals surface area contributed by atoms with Crippen LogP contribution in [-0.4, -0.2) is 12.4 Å². The Morgan fingerprint density at radius 3 is 2.44 bits per heavy atom. The quantitative estimate of drug-likeness (QED) is 0.257. The van der Waals surface area contributed by atoms with E-state index in [0.717, 1.165) is 21.9 Å². The van der Waals surface area contributed by atoms with Gasteiger partial charge in [-0.3, -0.25) is 9.59 Å². The molecular weight excluding hydrogens is 448 g/mol. The Hall–Kier alpha value is -3.89. The molecule has 4 aromatic carbocycles. The molecule has 4 nitrogen and oxygen atoms in total. The molecule has 0 bridgehead atoms. The highest BCUT2D eigenvalue weighted by Gasteiger charge is 2.22. The van der Waals surface area contributed by atoms with Crippen molar-refractivity contribution in [1.82, 2.24) is 0 Å². The summed E-state index contributed by atoms with van der Waals surface area (Å²) in [4.78, 5) is 26.5. The second-order valence-corrected chi connectivity index (χ2v) is 8.71. The molecule has 0 radical (unpaired) electrons. The molecular formula is C29H21ClO4. The molecule has 1 aromatic heterocycles. The van der Waals surface area contributed by atoms with Gasteiger partial charge in [-0.05, 0) is 60.0 Å². The SMILES string of the molecule is Cc1cc(C)c2c(=O)c(OCC(=O)c3ccc4ccccc4c3)c(-c3ccccc3Cl)oc2c1. The van der Waals surface area contributed by atoms with Crippen LogP contribution in [0.15, 0.2) is 88.1 Å². The fourth-order valence-electron chi connectivity index (χ4n) is 4.21. The number of aryl methyl sites for hydroxylation is 2. The second kappa shape index (κ2) is 8.81. The number of ketones is 1. The molecule has 0 amide bonds. The van der Waals surface area contributed by atoms with Crippen molar-refractivity contribution in [3.63, 3.8) is 0 Å². The van der Waals surface area contributed by atoms with Crippen LogP contribution in [-0.2, 0) is 0 Å². The van der Waals surface area contributed by atoms with Crippen LogP contribution in [0.2, 0.25) is 5.02 Å². The zero-order valence-corrected chi connectivity index (χ0v) is 19.5. The van der Waals surface area contributed by atoms with Crippen molar-refractivity contribution in [3.05, 3.63) is 111 Å². The Balaban J connectivity index is 1.59. The molecule has 0 fully saturated rings. The van der Waals surface area contributed by atoms with Gasteiger partial charge in [0, 0.05) is 11.1 Å². The first-order chi connectivity index (χ1) is 16.4. The lowest BCUT2D eigenvalue weighted by Crippen LogP contribution is -2.17. The van der Waals surface area contributed by atoms with Crippen molar-refractivity contribution in [3.8, 4) is 17.1 Å². The van der Waals surface area contributed by atoms with Crippen molar-refractivity contribution < 1.29 is 13.9 Å². The van der Waals surface area contributed by atoms with E-state index in [9.17, 15) is 9.59 Å². The van der Waals surface area contributed by atoms with E-state index in [4.69, 9.17) is 20.8 Å². The molecule has 0 atom stereocenters. The first-order valence-electron chi connectivity index (χ1n) is 10.9. The molecule has 168 valence electrons. The Kier molecular flexibility index (Phi) is 5.68. The molecule has 5 rings (SSSR count). The summed E-state index contributed by atoms with van der Waals surface area (Å²) in [6.45, 7) is 3.48. The van der Waals surface area contributed by atoms with Gasteiger partial charge in [-0.2, -0.15) is 0 Å². The number of benzene rings is 4. The summed E-state index contributed by atoms with van der Waals surface area (Å²) in [5.41, 5.74) is 2.90. The number of ether oxygens (including phenoxy) is 1. The fourth-order valence-corrected chi connectivity index (χ4v) is 4.43. The summed E-state index contributed by atoms with van der Waals surface area (Å²) in [7, 11) is 0. The normalized spacial score (nSPS) is 11.1. The average Bonchev–Trinajstić information content (AvgIpc) is 2.82. The van der Waals surface area contributed by atoms with Crippen LogP contribution in [0.25, 0.3) is 33.1 Å². The highest BCUT2D eigenvalue weighted by Crippen LogP contribution is 2.36. The highest BCUT2D eigenvalue weighted by molar-refractivity contribution is 6.33. The fraction of sp³-hybridized carbons (Fsp3) is 0.103. The number of carbonyl (C=O) groups excluding carboxylic acids is 1. The third-order valence-electron chi connectivity index (χ3n) is 5.83. The topological polar surface area (TPSA) is 56.5 Å². The minimum Gasteiger partial charge on any atom is -0.478 e. The van der Waals surface area contributed by atoms with Crippen LogP contribution in [0.1, 0.15) is 21.5 Å². The number of rotatable bonds is 5. The summed E-state index contributed by atoms with van der Waals surface area (Å²) in [5, 5.41) is 2.85. The number of hydrogen-bond donors (Lipinski definition) is 0. The van der Waals surface area contributed by atoms with Crippen molar-refractivity contribution >= 4 is 39.1 Å². The zero-order valence-electron chi connectivity index (χ0n) is 18.7. The van der Waals surface area contributed by atoms with E-state index < -0.39 is 0 Å². The van der Waals surface area contributed by atoms with E-state index in [2.05, 4.69) is 0 Å². The van der Waals surface area contributed by atoms with Gasteiger partial charge in [-0.1, -0.05) is 66.2 Å². The van der Waals surface area contributed by atoms with Crippen LogP contribution in [0.4, 0.5) is 0 Å². The van der Waals surface area contributed by atoms with E-state index in [1.807, 2.05) is 62.4 Å². The smallest absolute Gasteiger partial charge is 0.235 e. The molecule has 0 aliphatic rings. The summed E-state index contributed by atoms with van der Waals surface area (Å²) in [5.74, 6) is -0.0582. The first-order valence-corrected chi connectivity index (χ1v) is 11.3. The average molecular weight is 469 g/mol. The third kappa shape index (κ3) is 3.97. The van der Waals surface area contributed by atoms with Gasteiger partial charge in [0.05, 0.1) is 10.4 Å². The number of hydrogen-bond acceptors (Lipinski definition) is 4. The lowest BCUT2D eigenvalue weighted by Gasteiger charge is -2.14. The molecule has 34 heavy (non-hydrogen) atoms. The number of halogens is 1. The van der Waals surface area contributed by atoms with Crippen molar-refractivity contribution in [1.29, 1.82) is 0 Å². The molecule has 5 aromatic rings. The molecule has 0 saturated carbocycles. The van der Waals surface area contributed by atoms with Crippen LogP contribution < -0.4 is 10.2 Å². The summed E-state index contributed by atoms with van der Waals surface area (Å²) in [6.07, 6.45) is 0. The number of carbonyl (C=O) groups is 1. The minimum absolute atomic E-state index is 0.0262. The molecule has 0 saturated heterocycles. The van der Waals surface area contributed by atoms with Crippen molar-refractivity contribution in [2.24, 2.45) is 0 Å².